The number of aryl methyl sites for hydroxylation is 1. The van der Waals surface area contributed by atoms with Gasteiger partial charge in [-0.2, -0.15) is 0 Å². The fourth-order valence-corrected chi connectivity index (χ4v) is 4.76. The number of carbonyl (C=O) groups excluding carboxylic acids is 1. The number of aromatic nitrogens is 1. The molecule has 0 aromatic carbocycles. The molecule has 2 atom stereocenters. The monoisotopic (exact) mass is 349 g/mol. The minimum absolute atomic E-state index is 0.0655. The van der Waals surface area contributed by atoms with Gasteiger partial charge in [0.15, 0.2) is 5.13 Å². The van der Waals surface area contributed by atoms with E-state index in [2.05, 4.69) is 34.4 Å². The van der Waals surface area contributed by atoms with E-state index in [1.54, 1.807) is 0 Å². The molecule has 0 bridgehead atoms. The molecular weight excluding hydrogens is 326 g/mol. The van der Waals surface area contributed by atoms with Crippen molar-refractivity contribution in [2.24, 2.45) is 11.8 Å². The lowest BCUT2D eigenvalue weighted by Gasteiger charge is -2.34. The van der Waals surface area contributed by atoms with E-state index in [0.29, 0.717) is 5.13 Å². The van der Waals surface area contributed by atoms with E-state index in [4.69, 9.17) is 0 Å². The lowest BCUT2D eigenvalue weighted by atomic mass is 9.92. The predicted octanol–water partition coefficient (Wildman–Crippen LogP) is 4.24. The summed E-state index contributed by atoms with van der Waals surface area (Å²) < 4.78 is 0. The average Bonchev–Trinajstić information content (AvgIpc) is 3.07. The largest absolute Gasteiger partial charge is 0.297 e. The average molecular weight is 350 g/mol. The Morgan fingerprint density at radius 1 is 1.35 bits per heavy atom. The zero-order valence-electron chi connectivity index (χ0n) is 13.8. The Kier molecular flexibility index (Phi) is 5.14. The molecule has 0 aliphatic carbocycles. The van der Waals surface area contributed by atoms with Gasteiger partial charge in [-0.3, -0.25) is 15.0 Å². The molecule has 2 unspecified atom stereocenters. The van der Waals surface area contributed by atoms with Crippen molar-refractivity contribution < 1.29 is 4.79 Å². The second kappa shape index (κ2) is 7.11. The van der Waals surface area contributed by atoms with E-state index < -0.39 is 0 Å². The lowest BCUT2D eigenvalue weighted by Crippen LogP contribution is -2.38. The van der Waals surface area contributed by atoms with Crippen molar-refractivity contribution >= 4 is 33.7 Å². The molecule has 1 aliphatic heterocycles. The lowest BCUT2D eigenvalue weighted by molar-refractivity contribution is 0.103. The van der Waals surface area contributed by atoms with E-state index in [9.17, 15) is 4.79 Å². The molecule has 124 valence electrons. The predicted molar refractivity (Wildman–Crippen MR) is 97.3 cm³/mol. The third-order valence-corrected chi connectivity index (χ3v) is 5.87. The summed E-state index contributed by atoms with van der Waals surface area (Å²) in [5, 5.41) is 5.65. The zero-order chi connectivity index (χ0) is 16.4. The van der Waals surface area contributed by atoms with Crippen molar-refractivity contribution in [1.82, 2.24) is 9.88 Å². The third kappa shape index (κ3) is 4.40. The Bertz CT molecular complexity index is 669. The molecule has 0 spiro atoms. The summed E-state index contributed by atoms with van der Waals surface area (Å²) in [5.41, 5.74) is 1.05. The highest BCUT2D eigenvalue weighted by Gasteiger charge is 2.22. The second-order valence-corrected chi connectivity index (χ2v) is 8.79. The first-order valence-electron chi connectivity index (χ1n) is 8.04. The van der Waals surface area contributed by atoms with Crippen molar-refractivity contribution in [1.29, 1.82) is 0 Å². The number of thiophene rings is 1. The van der Waals surface area contributed by atoms with Gasteiger partial charge < -0.3 is 0 Å². The van der Waals surface area contributed by atoms with Crippen LogP contribution >= 0.6 is 22.7 Å². The summed E-state index contributed by atoms with van der Waals surface area (Å²) in [6.45, 7) is 9.79. The molecule has 4 nitrogen and oxygen atoms in total. The molecule has 0 saturated carbocycles. The first-order chi connectivity index (χ1) is 11.0. The van der Waals surface area contributed by atoms with Gasteiger partial charge in [0, 0.05) is 29.9 Å². The molecule has 1 fully saturated rings. The summed E-state index contributed by atoms with van der Waals surface area (Å²) in [6.07, 6.45) is 1.31. The van der Waals surface area contributed by atoms with Crippen molar-refractivity contribution in [2.45, 2.75) is 33.7 Å². The van der Waals surface area contributed by atoms with E-state index >= 15 is 0 Å². The number of hydrogen-bond donors (Lipinski definition) is 1. The SMILES string of the molecule is Cc1ccc(C(=O)Nc2nc(CN3CC(C)CC(C)C3)cs2)s1. The van der Waals surface area contributed by atoms with Gasteiger partial charge in [0.2, 0.25) is 0 Å². The smallest absolute Gasteiger partial charge is 0.267 e. The zero-order valence-corrected chi connectivity index (χ0v) is 15.5. The number of anilines is 1. The van der Waals surface area contributed by atoms with Crippen LogP contribution in [0.25, 0.3) is 0 Å². The molecule has 6 heteroatoms. The number of thiazole rings is 1. The van der Waals surface area contributed by atoms with Crippen LogP contribution in [0.3, 0.4) is 0 Å². The molecule has 1 saturated heterocycles. The number of likely N-dealkylation sites (tertiary alicyclic amines) is 1. The van der Waals surface area contributed by atoms with Gasteiger partial charge in [0.1, 0.15) is 0 Å². The molecular formula is C17H23N3OS2. The Balaban J connectivity index is 1.58. The van der Waals surface area contributed by atoms with Crippen LogP contribution < -0.4 is 5.32 Å². The Morgan fingerprint density at radius 2 is 2.09 bits per heavy atom. The Hall–Kier alpha value is -1.24. The van der Waals surface area contributed by atoms with Gasteiger partial charge in [0.25, 0.3) is 5.91 Å². The molecule has 23 heavy (non-hydrogen) atoms. The topological polar surface area (TPSA) is 45.2 Å². The van der Waals surface area contributed by atoms with Crippen LogP contribution in [0.4, 0.5) is 5.13 Å². The Labute approximate surface area is 145 Å². The van der Waals surface area contributed by atoms with Gasteiger partial charge in [-0.05, 0) is 37.3 Å². The van der Waals surface area contributed by atoms with Crippen molar-refractivity contribution in [3.05, 3.63) is 33.0 Å². The highest BCUT2D eigenvalue weighted by atomic mass is 32.1. The number of hydrogen-bond acceptors (Lipinski definition) is 5. The summed E-state index contributed by atoms with van der Waals surface area (Å²) in [5.74, 6) is 1.43. The summed E-state index contributed by atoms with van der Waals surface area (Å²) in [4.78, 5) is 21.1. The number of nitrogens with zero attached hydrogens (tertiary/aromatic N) is 2. The first-order valence-corrected chi connectivity index (χ1v) is 9.73. The van der Waals surface area contributed by atoms with Crippen LogP contribution in [0.15, 0.2) is 17.5 Å². The van der Waals surface area contributed by atoms with E-state index in [0.717, 1.165) is 46.9 Å². The number of carbonyl (C=O) groups is 1. The molecule has 1 N–H and O–H groups in total. The van der Waals surface area contributed by atoms with Gasteiger partial charge >= 0.3 is 0 Å². The maximum absolute atomic E-state index is 12.2. The molecule has 1 amide bonds. The van der Waals surface area contributed by atoms with Gasteiger partial charge in [-0.1, -0.05) is 13.8 Å². The summed E-state index contributed by atoms with van der Waals surface area (Å²) in [7, 11) is 0. The maximum Gasteiger partial charge on any atom is 0.267 e. The fraction of sp³-hybridized carbons (Fsp3) is 0.529. The molecule has 2 aromatic rings. The highest BCUT2D eigenvalue weighted by Crippen LogP contribution is 2.24. The van der Waals surface area contributed by atoms with E-state index in [1.807, 2.05) is 19.1 Å². The van der Waals surface area contributed by atoms with Gasteiger partial charge in [-0.15, -0.1) is 22.7 Å². The van der Waals surface area contributed by atoms with Crippen molar-refractivity contribution in [3.8, 4) is 0 Å². The normalized spacial score (nSPS) is 22.2. The number of piperidine rings is 1. The maximum atomic E-state index is 12.2. The quantitative estimate of drug-likeness (QED) is 0.898. The van der Waals surface area contributed by atoms with Crippen LogP contribution in [-0.4, -0.2) is 28.9 Å². The molecule has 2 aromatic heterocycles. The van der Waals surface area contributed by atoms with Crippen LogP contribution in [0, 0.1) is 18.8 Å². The van der Waals surface area contributed by atoms with Crippen LogP contribution in [0.5, 0.6) is 0 Å². The van der Waals surface area contributed by atoms with Crippen molar-refractivity contribution in [2.75, 3.05) is 18.4 Å². The van der Waals surface area contributed by atoms with Gasteiger partial charge in [0.05, 0.1) is 10.6 Å². The molecule has 3 heterocycles. The Morgan fingerprint density at radius 3 is 2.74 bits per heavy atom. The van der Waals surface area contributed by atoms with Crippen LogP contribution in [0.1, 0.15) is 40.5 Å². The molecule has 1 aliphatic rings. The van der Waals surface area contributed by atoms with Crippen molar-refractivity contribution in [3.63, 3.8) is 0 Å². The summed E-state index contributed by atoms with van der Waals surface area (Å²) in [6, 6.07) is 3.83. The highest BCUT2D eigenvalue weighted by molar-refractivity contribution is 7.15. The molecule has 3 rings (SSSR count). The second-order valence-electron chi connectivity index (χ2n) is 6.65. The number of amides is 1. The first kappa shape index (κ1) is 16.6. The fourth-order valence-electron chi connectivity index (χ4n) is 3.30. The summed E-state index contributed by atoms with van der Waals surface area (Å²) >= 11 is 3.01. The van der Waals surface area contributed by atoms with Crippen LogP contribution in [-0.2, 0) is 6.54 Å². The number of nitrogens with one attached hydrogen (secondary N) is 1. The van der Waals surface area contributed by atoms with Gasteiger partial charge in [-0.25, -0.2) is 4.98 Å². The standard InChI is InChI=1S/C17H23N3OS2/c1-11-6-12(2)8-20(7-11)9-14-10-22-17(18-14)19-16(21)15-5-4-13(3)23-15/h4-5,10-12H,6-9H2,1-3H3,(H,18,19,21). The van der Waals surface area contributed by atoms with E-state index in [-0.39, 0.29) is 5.91 Å². The molecule has 0 radical (unpaired) electrons. The number of rotatable bonds is 4. The third-order valence-electron chi connectivity index (χ3n) is 4.07. The van der Waals surface area contributed by atoms with Crippen LogP contribution in [0.2, 0.25) is 0 Å². The minimum atomic E-state index is -0.0655. The minimum Gasteiger partial charge on any atom is -0.297 e. The van der Waals surface area contributed by atoms with E-state index in [1.165, 1.54) is 29.1 Å².